The molecule has 0 aliphatic carbocycles. The van der Waals surface area contributed by atoms with E-state index in [1.54, 1.807) is 0 Å². The number of hydrogen-bond acceptors (Lipinski definition) is 2. The molecule has 0 fully saturated rings. The Morgan fingerprint density at radius 1 is 1.29 bits per heavy atom. The van der Waals surface area contributed by atoms with Gasteiger partial charge >= 0.3 is 0 Å². The number of carbonyl (C=O) groups is 1. The van der Waals surface area contributed by atoms with Gasteiger partial charge in [0, 0.05) is 28.5 Å². The minimum absolute atomic E-state index is 0.222. The highest BCUT2D eigenvalue weighted by atomic mass is 32.1. The van der Waals surface area contributed by atoms with Crippen molar-refractivity contribution in [1.82, 2.24) is 9.47 Å². The molecular formula is C20H22N2OS. The van der Waals surface area contributed by atoms with Gasteiger partial charge in [-0.15, -0.1) is 11.3 Å². The molecule has 1 aromatic carbocycles. The van der Waals surface area contributed by atoms with E-state index in [0.29, 0.717) is 6.54 Å². The van der Waals surface area contributed by atoms with Crippen LogP contribution in [0.4, 0.5) is 0 Å². The summed E-state index contributed by atoms with van der Waals surface area (Å²) in [6.45, 7) is 5.54. The van der Waals surface area contributed by atoms with Crippen molar-refractivity contribution in [3.8, 4) is 0 Å². The quantitative estimate of drug-likeness (QED) is 0.688. The Bertz CT molecular complexity index is 892. The summed E-state index contributed by atoms with van der Waals surface area (Å²) in [4.78, 5) is 16.6. The fourth-order valence-corrected chi connectivity index (χ4v) is 4.86. The molecule has 0 unspecified atom stereocenters. The molecule has 3 nitrogen and oxygen atoms in total. The Hall–Kier alpha value is -2.07. The van der Waals surface area contributed by atoms with Crippen LogP contribution in [0.5, 0.6) is 0 Å². The molecule has 1 atom stereocenters. The van der Waals surface area contributed by atoms with Gasteiger partial charge < -0.3 is 9.47 Å². The summed E-state index contributed by atoms with van der Waals surface area (Å²) in [6, 6.07) is 10.7. The van der Waals surface area contributed by atoms with E-state index in [2.05, 4.69) is 59.2 Å². The number of aryl methyl sites for hydroxylation is 1. The van der Waals surface area contributed by atoms with Crippen molar-refractivity contribution in [2.24, 2.45) is 0 Å². The van der Waals surface area contributed by atoms with Crippen molar-refractivity contribution in [2.45, 2.75) is 39.3 Å². The second-order valence-electron chi connectivity index (χ2n) is 6.52. The zero-order valence-corrected chi connectivity index (χ0v) is 15.0. The van der Waals surface area contributed by atoms with Crippen LogP contribution in [0.15, 0.2) is 41.9 Å². The summed E-state index contributed by atoms with van der Waals surface area (Å²) in [5, 5.41) is 3.39. The first-order chi connectivity index (χ1) is 11.7. The van der Waals surface area contributed by atoms with Crippen molar-refractivity contribution in [3.63, 3.8) is 0 Å². The molecule has 4 heteroatoms. The molecule has 2 aromatic heterocycles. The number of para-hydroxylation sites is 1. The third-order valence-electron chi connectivity index (χ3n) is 5.10. The molecule has 3 heterocycles. The largest absolute Gasteiger partial charge is 0.338 e. The molecule has 24 heavy (non-hydrogen) atoms. The highest BCUT2D eigenvalue weighted by Gasteiger charge is 2.30. The maximum atomic E-state index is 13.0. The molecule has 3 aromatic rings. The predicted octanol–water partition coefficient (Wildman–Crippen LogP) is 4.55. The number of carbonyl (C=O) groups excluding carboxylic acids is 1. The third-order valence-corrected chi connectivity index (χ3v) is 6.09. The molecule has 1 amide bonds. The van der Waals surface area contributed by atoms with Crippen LogP contribution < -0.4 is 0 Å². The lowest BCUT2D eigenvalue weighted by Gasteiger charge is -2.35. The van der Waals surface area contributed by atoms with Crippen molar-refractivity contribution in [3.05, 3.63) is 57.9 Å². The molecule has 124 valence electrons. The molecule has 1 aliphatic rings. The van der Waals surface area contributed by atoms with Crippen molar-refractivity contribution < 1.29 is 4.79 Å². The Morgan fingerprint density at radius 3 is 2.96 bits per heavy atom. The number of rotatable bonds is 3. The Kier molecular flexibility index (Phi) is 3.93. The molecule has 4 rings (SSSR count). The lowest BCUT2D eigenvalue weighted by Crippen LogP contribution is -2.41. The lowest BCUT2D eigenvalue weighted by molar-refractivity contribution is -0.134. The van der Waals surface area contributed by atoms with E-state index in [4.69, 9.17) is 0 Å². The first-order valence-corrected chi connectivity index (χ1v) is 9.47. The number of thiophene rings is 1. The summed E-state index contributed by atoms with van der Waals surface area (Å²) in [5.74, 6) is 0.222. The van der Waals surface area contributed by atoms with Gasteiger partial charge in [0.15, 0.2) is 0 Å². The summed E-state index contributed by atoms with van der Waals surface area (Å²) in [5.41, 5.74) is 3.73. The smallest absolute Gasteiger partial charge is 0.243 e. The van der Waals surface area contributed by atoms with Crippen molar-refractivity contribution in [2.75, 3.05) is 6.54 Å². The SMILES string of the molecule is CC[C@@H]1c2ccsc2CCN1C(=O)Cn1cc(C)c2ccccc21. The molecule has 0 saturated carbocycles. The van der Waals surface area contributed by atoms with Gasteiger partial charge in [-0.1, -0.05) is 25.1 Å². The lowest BCUT2D eigenvalue weighted by atomic mass is 9.98. The van der Waals surface area contributed by atoms with Crippen LogP contribution in [0, 0.1) is 6.92 Å². The summed E-state index contributed by atoms with van der Waals surface area (Å²) in [7, 11) is 0. The maximum Gasteiger partial charge on any atom is 0.243 e. The van der Waals surface area contributed by atoms with E-state index in [0.717, 1.165) is 24.9 Å². The maximum absolute atomic E-state index is 13.0. The predicted molar refractivity (Wildman–Crippen MR) is 99.4 cm³/mol. The van der Waals surface area contributed by atoms with E-state index >= 15 is 0 Å². The van der Waals surface area contributed by atoms with Crippen molar-refractivity contribution in [1.29, 1.82) is 0 Å². The highest BCUT2D eigenvalue weighted by molar-refractivity contribution is 7.10. The third kappa shape index (κ3) is 2.46. The summed E-state index contributed by atoms with van der Waals surface area (Å²) in [6.07, 6.45) is 4.06. The van der Waals surface area contributed by atoms with E-state index in [1.807, 2.05) is 17.4 Å². The molecule has 0 N–H and O–H groups in total. The first kappa shape index (κ1) is 15.5. The van der Waals surface area contributed by atoms with Gasteiger partial charge in [0.2, 0.25) is 5.91 Å². The van der Waals surface area contributed by atoms with Crippen LogP contribution in [-0.2, 0) is 17.8 Å². The zero-order chi connectivity index (χ0) is 16.7. The number of aromatic nitrogens is 1. The van der Waals surface area contributed by atoms with Gasteiger partial charge in [-0.2, -0.15) is 0 Å². The highest BCUT2D eigenvalue weighted by Crippen LogP contribution is 2.35. The Balaban J connectivity index is 1.62. The van der Waals surface area contributed by atoms with Crippen LogP contribution >= 0.6 is 11.3 Å². The number of hydrogen-bond donors (Lipinski definition) is 0. The fourth-order valence-electron chi connectivity index (χ4n) is 3.93. The van der Waals surface area contributed by atoms with Crippen LogP contribution in [-0.4, -0.2) is 21.9 Å². The van der Waals surface area contributed by atoms with Crippen molar-refractivity contribution >= 4 is 28.1 Å². The zero-order valence-electron chi connectivity index (χ0n) is 14.2. The fraction of sp³-hybridized carbons (Fsp3) is 0.350. The van der Waals surface area contributed by atoms with Gasteiger partial charge in [-0.05, 0) is 48.4 Å². The molecule has 0 saturated heterocycles. The second-order valence-corrected chi connectivity index (χ2v) is 7.52. The Morgan fingerprint density at radius 2 is 2.12 bits per heavy atom. The molecule has 0 radical (unpaired) electrons. The normalized spacial score (nSPS) is 17.2. The number of amides is 1. The summed E-state index contributed by atoms with van der Waals surface area (Å²) >= 11 is 1.82. The average molecular weight is 338 g/mol. The van der Waals surface area contributed by atoms with Crippen LogP contribution in [0.2, 0.25) is 0 Å². The first-order valence-electron chi connectivity index (χ1n) is 8.59. The van der Waals surface area contributed by atoms with E-state index < -0.39 is 0 Å². The van der Waals surface area contributed by atoms with Crippen LogP contribution in [0.25, 0.3) is 10.9 Å². The monoisotopic (exact) mass is 338 g/mol. The minimum Gasteiger partial charge on any atom is -0.338 e. The van der Waals surface area contributed by atoms with Gasteiger partial charge in [0.1, 0.15) is 6.54 Å². The Labute approximate surface area is 146 Å². The minimum atomic E-state index is 0.222. The van der Waals surface area contributed by atoms with Gasteiger partial charge in [0.25, 0.3) is 0 Å². The standard InChI is InChI=1S/C20H22N2OS/c1-3-17-16-9-11-24-19(16)8-10-22(17)20(23)13-21-12-14(2)15-6-4-5-7-18(15)21/h4-7,9,11-12,17H,3,8,10,13H2,1-2H3/t17-/m1/s1. The molecule has 1 aliphatic heterocycles. The molecular weight excluding hydrogens is 316 g/mol. The van der Waals surface area contributed by atoms with Crippen LogP contribution in [0.3, 0.4) is 0 Å². The molecule has 0 spiro atoms. The molecule has 0 bridgehead atoms. The average Bonchev–Trinajstić information content (AvgIpc) is 3.19. The van der Waals surface area contributed by atoms with E-state index in [1.165, 1.54) is 21.4 Å². The van der Waals surface area contributed by atoms with E-state index in [9.17, 15) is 4.79 Å². The van der Waals surface area contributed by atoms with Gasteiger partial charge in [0.05, 0.1) is 6.04 Å². The van der Waals surface area contributed by atoms with Gasteiger partial charge in [-0.3, -0.25) is 4.79 Å². The number of nitrogens with zero attached hydrogens (tertiary/aromatic N) is 2. The second kappa shape index (κ2) is 6.10. The summed E-state index contributed by atoms with van der Waals surface area (Å²) < 4.78 is 2.10. The van der Waals surface area contributed by atoms with Crippen LogP contribution in [0.1, 0.15) is 35.4 Å². The number of benzene rings is 1. The van der Waals surface area contributed by atoms with E-state index in [-0.39, 0.29) is 11.9 Å². The van der Waals surface area contributed by atoms with Gasteiger partial charge in [-0.25, -0.2) is 0 Å². The number of fused-ring (bicyclic) bond motifs is 2. The topological polar surface area (TPSA) is 25.2 Å².